The molecule has 4 rings (SSSR count). The minimum atomic E-state index is 0.742. The number of aryl methyl sites for hydroxylation is 1. The van der Waals surface area contributed by atoms with E-state index in [1.54, 1.807) is 0 Å². The van der Waals surface area contributed by atoms with Gasteiger partial charge in [0.25, 0.3) is 0 Å². The van der Waals surface area contributed by atoms with Gasteiger partial charge in [0.1, 0.15) is 5.76 Å². The average molecular weight is 246 g/mol. The number of hydrogen-bond donors (Lipinski definition) is 1. The lowest BCUT2D eigenvalue weighted by molar-refractivity contribution is 0.207. The molecule has 5 unspecified atom stereocenters. The number of rotatable bonds is 3. The van der Waals surface area contributed by atoms with E-state index >= 15 is 0 Å². The normalized spacial score (nSPS) is 41.5. The van der Waals surface area contributed by atoms with Gasteiger partial charge in [0.05, 0.1) is 5.69 Å². The molecule has 1 aromatic heterocycles. The van der Waals surface area contributed by atoms with Crippen LogP contribution in [-0.4, -0.2) is 11.2 Å². The molecule has 0 aromatic carbocycles. The molecule has 3 nitrogen and oxygen atoms in total. The zero-order valence-corrected chi connectivity index (χ0v) is 11.1. The van der Waals surface area contributed by atoms with Crippen LogP contribution in [0.2, 0.25) is 0 Å². The summed E-state index contributed by atoms with van der Waals surface area (Å²) < 4.78 is 5.12. The van der Waals surface area contributed by atoms with Crippen molar-refractivity contribution in [1.82, 2.24) is 10.5 Å². The van der Waals surface area contributed by atoms with Gasteiger partial charge in [-0.05, 0) is 56.3 Å². The van der Waals surface area contributed by atoms with Crippen LogP contribution in [0.15, 0.2) is 10.6 Å². The van der Waals surface area contributed by atoms with Gasteiger partial charge in [-0.3, -0.25) is 0 Å². The van der Waals surface area contributed by atoms with Crippen LogP contribution in [0, 0.1) is 30.6 Å². The third-order valence-electron chi connectivity index (χ3n) is 5.65. The van der Waals surface area contributed by atoms with Gasteiger partial charge in [-0.2, -0.15) is 0 Å². The Bertz CT molecular complexity index is 441. The smallest absolute Gasteiger partial charge is 0.133 e. The number of nitrogens with zero attached hydrogens (tertiary/aromatic N) is 1. The summed E-state index contributed by atoms with van der Waals surface area (Å²) in [5.74, 6) is 5.02. The van der Waals surface area contributed by atoms with Crippen LogP contribution in [0.1, 0.15) is 43.6 Å². The summed E-state index contributed by atoms with van der Waals surface area (Å²) in [5.41, 5.74) is 1.05. The monoisotopic (exact) mass is 246 g/mol. The summed E-state index contributed by atoms with van der Waals surface area (Å²) in [6.07, 6.45) is 7.39. The summed E-state index contributed by atoms with van der Waals surface area (Å²) in [6, 6.07) is 2.78. The number of nitrogens with one attached hydrogen (secondary N) is 1. The van der Waals surface area contributed by atoms with Gasteiger partial charge in [0.2, 0.25) is 0 Å². The molecule has 0 saturated heterocycles. The number of hydrogen-bond acceptors (Lipinski definition) is 3. The average Bonchev–Trinajstić information content (AvgIpc) is 3.08. The minimum Gasteiger partial charge on any atom is -0.361 e. The molecule has 98 valence electrons. The summed E-state index contributed by atoms with van der Waals surface area (Å²) in [4.78, 5) is 0. The Morgan fingerprint density at radius 2 is 2.17 bits per heavy atom. The van der Waals surface area contributed by atoms with Crippen molar-refractivity contribution < 1.29 is 4.52 Å². The molecule has 3 fully saturated rings. The standard InChI is InChI=1S/C15H22N2O/c1-9-5-11(17-18-9)8-16-15-7-10-6-14(15)13-4-2-3-12(10)13/h5,10,12-16H,2-4,6-8H2,1H3. The Labute approximate surface area is 108 Å². The third-order valence-corrected chi connectivity index (χ3v) is 5.65. The maximum atomic E-state index is 5.12. The lowest BCUT2D eigenvalue weighted by Gasteiger charge is -2.32. The van der Waals surface area contributed by atoms with Gasteiger partial charge >= 0.3 is 0 Å². The maximum absolute atomic E-state index is 5.12. The Kier molecular flexibility index (Phi) is 2.51. The van der Waals surface area contributed by atoms with Gasteiger partial charge in [-0.1, -0.05) is 11.6 Å². The zero-order valence-electron chi connectivity index (χ0n) is 11.1. The first-order valence-electron chi connectivity index (χ1n) is 7.47. The quantitative estimate of drug-likeness (QED) is 0.891. The molecular formula is C15H22N2O. The van der Waals surface area contributed by atoms with Crippen LogP contribution in [0.25, 0.3) is 0 Å². The fourth-order valence-corrected chi connectivity index (χ4v) is 5.04. The van der Waals surface area contributed by atoms with Gasteiger partial charge in [-0.15, -0.1) is 0 Å². The van der Waals surface area contributed by atoms with E-state index in [2.05, 4.69) is 10.5 Å². The van der Waals surface area contributed by atoms with E-state index in [0.29, 0.717) is 0 Å². The van der Waals surface area contributed by atoms with Crippen molar-refractivity contribution in [2.24, 2.45) is 23.7 Å². The van der Waals surface area contributed by atoms with Crippen molar-refractivity contribution in [2.45, 2.75) is 51.6 Å². The fourth-order valence-electron chi connectivity index (χ4n) is 5.04. The number of aromatic nitrogens is 1. The molecule has 3 saturated carbocycles. The van der Waals surface area contributed by atoms with Crippen LogP contribution in [-0.2, 0) is 6.54 Å². The molecule has 3 heteroatoms. The van der Waals surface area contributed by atoms with Crippen molar-refractivity contribution >= 4 is 0 Å². The van der Waals surface area contributed by atoms with Crippen LogP contribution in [0.3, 0.4) is 0 Å². The molecule has 0 aliphatic heterocycles. The van der Waals surface area contributed by atoms with Crippen molar-refractivity contribution in [3.8, 4) is 0 Å². The zero-order chi connectivity index (χ0) is 12.1. The van der Waals surface area contributed by atoms with Crippen LogP contribution in [0.5, 0.6) is 0 Å². The molecule has 0 spiro atoms. The van der Waals surface area contributed by atoms with Crippen molar-refractivity contribution in [1.29, 1.82) is 0 Å². The fraction of sp³-hybridized carbons (Fsp3) is 0.800. The molecule has 18 heavy (non-hydrogen) atoms. The largest absolute Gasteiger partial charge is 0.361 e. The predicted octanol–water partition coefficient (Wildman–Crippen LogP) is 2.90. The Morgan fingerprint density at radius 1 is 1.28 bits per heavy atom. The predicted molar refractivity (Wildman–Crippen MR) is 68.9 cm³/mol. The molecule has 1 N–H and O–H groups in total. The van der Waals surface area contributed by atoms with Gasteiger partial charge in [0.15, 0.2) is 0 Å². The first kappa shape index (κ1) is 11.0. The number of fused-ring (bicyclic) bond motifs is 5. The second-order valence-corrected chi connectivity index (χ2v) is 6.57. The lowest BCUT2D eigenvalue weighted by Crippen LogP contribution is -2.38. The Hall–Kier alpha value is -0.830. The highest BCUT2D eigenvalue weighted by Crippen LogP contribution is 2.58. The van der Waals surface area contributed by atoms with Gasteiger partial charge in [0, 0.05) is 18.7 Å². The Balaban J connectivity index is 1.39. The molecule has 5 atom stereocenters. The highest BCUT2D eigenvalue weighted by molar-refractivity contribution is 5.07. The van der Waals surface area contributed by atoms with E-state index in [-0.39, 0.29) is 0 Å². The summed E-state index contributed by atoms with van der Waals surface area (Å²) in [6.45, 7) is 2.83. The SMILES string of the molecule is Cc1cc(CNC2CC3CC2C2CCCC32)no1. The van der Waals surface area contributed by atoms with Crippen LogP contribution in [0.4, 0.5) is 0 Å². The maximum Gasteiger partial charge on any atom is 0.133 e. The highest BCUT2D eigenvalue weighted by Gasteiger charge is 2.53. The topological polar surface area (TPSA) is 38.1 Å². The van der Waals surface area contributed by atoms with E-state index in [1.165, 1.54) is 32.1 Å². The molecule has 0 amide bonds. The molecule has 0 radical (unpaired) electrons. The molecule has 1 heterocycles. The molecule has 2 bridgehead atoms. The summed E-state index contributed by atoms with van der Waals surface area (Å²) >= 11 is 0. The summed E-state index contributed by atoms with van der Waals surface area (Å²) in [5, 5.41) is 7.80. The lowest BCUT2D eigenvalue weighted by atomic mass is 9.79. The van der Waals surface area contributed by atoms with Crippen LogP contribution < -0.4 is 5.32 Å². The third kappa shape index (κ3) is 1.63. The van der Waals surface area contributed by atoms with Crippen LogP contribution >= 0.6 is 0 Å². The first-order valence-corrected chi connectivity index (χ1v) is 7.47. The Morgan fingerprint density at radius 3 is 3.00 bits per heavy atom. The highest BCUT2D eigenvalue weighted by atomic mass is 16.5. The van der Waals surface area contributed by atoms with Crippen molar-refractivity contribution in [2.75, 3.05) is 0 Å². The minimum absolute atomic E-state index is 0.742. The molecule has 3 aliphatic rings. The van der Waals surface area contributed by atoms with E-state index < -0.39 is 0 Å². The molecule has 1 aromatic rings. The van der Waals surface area contributed by atoms with E-state index in [4.69, 9.17) is 4.52 Å². The van der Waals surface area contributed by atoms with Gasteiger partial charge in [-0.25, -0.2) is 0 Å². The van der Waals surface area contributed by atoms with Crippen molar-refractivity contribution in [3.63, 3.8) is 0 Å². The van der Waals surface area contributed by atoms with E-state index in [0.717, 1.165) is 47.7 Å². The van der Waals surface area contributed by atoms with E-state index in [1.807, 2.05) is 13.0 Å². The van der Waals surface area contributed by atoms with Crippen molar-refractivity contribution in [3.05, 3.63) is 17.5 Å². The van der Waals surface area contributed by atoms with Gasteiger partial charge < -0.3 is 9.84 Å². The second-order valence-electron chi connectivity index (χ2n) is 6.57. The molecule has 3 aliphatic carbocycles. The summed E-state index contributed by atoms with van der Waals surface area (Å²) in [7, 11) is 0. The van der Waals surface area contributed by atoms with E-state index in [9.17, 15) is 0 Å². The first-order chi connectivity index (χ1) is 8.81. The second kappa shape index (κ2) is 4.09. The molecular weight excluding hydrogens is 224 g/mol.